The Hall–Kier alpha value is -3.19. The molecule has 0 aliphatic rings. The maximum Gasteiger partial charge on any atom is 0.269 e. The Balaban J connectivity index is 1.92. The Labute approximate surface area is 149 Å². The molecule has 2 aromatic carbocycles. The quantitative estimate of drug-likeness (QED) is 0.561. The number of halogens is 1. The SMILES string of the molecule is Nc1ccc(-c2ccnc3c2ccn3S(=O)(=O)c2ccccc2)cc1F. The van der Waals surface area contributed by atoms with Crippen LogP contribution in [0, 0.1) is 5.82 Å². The molecule has 0 amide bonds. The van der Waals surface area contributed by atoms with Gasteiger partial charge >= 0.3 is 0 Å². The summed E-state index contributed by atoms with van der Waals surface area (Å²) in [5, 5.41) is 0.608. The highest BCUT2D eigenvalue weighted by atomic mass is 32.2. The molecule has 0 atom stereocenters. The van der Waals surface area contributed by atoms with Gasteiger partial charge < -0.3 is 5.73 Å². The molecule has 0 fully saturated rings. The van der Waals surface area contributed by atoms with Crippen LogP contribution in [0.1, 0.15) is 0 Å². The zero-order chi connectivity index (χ0) is 18.3. The first-order valence-corrected chi connectivity index (χ1v) is 9.24. The second-order valence-corrected chi connectivity index (χ2v) is 7.58. The van der Waals surface area contributed by atoms with Crippen molar-refractivity contribution in [2.45, 2.75) is 4.90 Å². The van der Waals surface area contributed by atoms with Crippen molar-refractivity contribution in [3.05, 3.63) is 78.9 Å². The molecule has 0 aliphatic carbocycles. The van der Waals surface area contributed by atoms with Crippen LogP contribution in [0.25, 0.3) is 22.2 Å². The molecule has 7 heteroatoms. The van der Waals surface area contributed by atoms with Gasteiger partial charge in [0.05, 0.1) is 10.6 Å². The van der Waals surface area contributed by atoms with E-state index in [1.54, 1.807) is 36.4 Å². The smallest absolute Gasteiger partial charge is 0.269 e. The highest BCUT2D eigenvalue weighted by Gasteiger charge is 2.20. The minimum Gasteiger partial charge on any atom is -0.396 e. The molecule has 0 unspecified atom stereocenters. The Bertz CT molecular complexity index is 1220. The summed E-state index contributed by atoms with van der Waals surface area (Å²) in [6, 6.07) is 16.0. The molecule has 0 saturated carbocycles. The van der Waals surface area contributed by atoms with E-state index in [0.717, 1.165) is 3.97 Å². The average molecular weight is 367 g/mol. The molecule has 26 heavy (non-hydrogen) atoms. The molecule has 5 nitrogen and oxygen atoms in total. The molecular weight excluding hydrogens is 353 g/mol. The van der Waals surface area contributed by atoms with Gasteiger partial charge in [0.15, 0.2) is 5.65 Å². The Morgan fingerprint density at radius 2 is 1.77 bits per heavy atom. The summed E-state index contributed by atoms with van der Waals surface area (Å²) in [5.41, 5.74) is 7.15. The number of benzene rings is 2. The van der Waals surface area contributed by atoms with Crippen LogP contribution in [0.2, 0.25) is 0 Å². The molecule has 0 aliphatic heterocycles. The zero-order valence-electron chi connectivity index (χ0n) is 13.5. The molecule has 4 rings (SSSR count). The monoisotopic (exact) mass is 367 g/mol. The first kappa shape index (κ1) is 16.3. The van der Waals surface area contributed by atoms with Gasteiger partial charge in [0, 0.05) is 17.8 Å². The Morgan fingerprint density at radius 3 is 2.50 bits per heavy atom. The van der Waals surface area contributed by atoms with Gasteiger partial charge in [-0.05, 0) is 47.5 Å². The third-order valence-electron chi connectivity index (χ3n) is 4.17. The van der Waals surface area contributed by atoms with Crippen molar-refractivity contribution in [1.29, 1.82) is 0 Å². The number of nitrogen functional groups attached to an aromatic ring is 1. The summed E-state index contributed by atoms with van der Waals surface area (Å²) in [7, 11) is -3.78. The normalized spacial score (nSPS) is 11.7. The lowest BCUT2D eigenvalue weighted by atomic mass is 10.0. The van der Waals surface area contributed by atoms with E-state index < -0.39 is 15.8 Å². The third kappa shape index (κ3) is 2.53. The minimum atomic E-state index is -3.78. The van der Waals surface area contributed by atoms with Gasteiger partial charge in [0.25, 0.3) is 10.0 Å². The van der Waals surface area contributed by atoms with E-state index in [9.17, 15) is 12.8 Å². The predicted octanol–water partition coefficient (Wildman–Crippen LogP) is 3.66. The number of nitrogens with zero attached hydrogens (tertiary/aromatic N) is 2. The number of pyridine rings is 1. The van der Waals surface area contributed by atoms with Crippen LogP contribution < -0.4 is 5.73 Å². The molecule has 2 N–H and O–H groups in total. The molecule has 130 valence electrons. The van der Waals surface area contributed by atoms with E-state index in [2.05, 4.69) is 4.98 Å². The third-order valence-corrected chi connectivity index (χ3v) is 5.85. The number of aromatic nitrogens is 2. The highest BCUT2D eigenvalue weighted by Crippen LogP contribution is 2.31. The van der Waals surface area contributed by atoms with Gasteiger partial charge in [0.1, 0.15) is 5.82 Å². The highest BCUT2D eigenvalue weighted by molar-refractivity contribution is 7.90. The summed E-state index contributed by atoms with van der Waals surface area (Å²) in [4.78, 5) is 4.39. The van der Waals surface area contributed by atoms with Gasteiger partial charge in [-0.15, -0.1) is 0 Å². The molecule has 0 saturated heterocycles. The summed E-state index contributed by atoms with van der Waals surface area (Å²) in [5.74, 6) is -0.524. The Morgan fingerprint density at radius 1 is 1.00 bits per heavy atom. The maximum absolute atomic E-state index is 13.8. The van der Waals surface area contributed by atoms with E-state index in [-0.39, 0.29) is 16.2 Å². The first-order chi connectivity index (χ1) is 12.5. The molecule has 0 radical (unpaired) electrons. The topological polar surface area (TPSA) is 78.0 Å². The van der Waals surface area contributed by atoms with Crippen LogP contribution in [0.5, 0.6) is 0 Å². The second kappa shape index (κ2) is 5.96. The summed E-state index contributed by atoms with van der Waals surface area (Å²) in [6.45, 7) is 0. The number of fused-ring (bicyclic) bond motifs is 1. The number of hydrogen-bond donors (Lipinski definition) is 1. The predicted molar refractivity (Wildman–Crippen MR) is 98.6 cm³/mol. The lowest BCUT2D eigenvalue weighted by Gasteiger charge is -2.08. The summed E-state index contributed by atoms with van der Waals surface area (Å²) < 4.78 is 40.8. The van der Waals surface area contributed by atoms with Crippen molar-refractivity contribution < 1.29 is 12.8 Å². The number of anilines is 1. The summed E-state index contributed by atoms with van der Waals surface area (Å²) >= 11 is 0. The molecule has 2 aromatic heterocycles. The minimum absolute atomic E-state index is 0.0586. The molecule has 0 bridgehead atoms. The lowest BCUT2D eigenvalue weighted by Crippen LogP contribution is -2.12. The van der Waals surface area contributed by atoms with Gasteiger partial charge in [-0.25, -0.2) is 21.8 Å². The van der Waals surface area contributed by atoms with Crippen molar-refractivity contribution in [2.24, 2.45) is 0 Å². The van der Waals surface area contributed by atoms with E-state index in [0.29, 0.717) is 16.5 Å². The number of nitrogens with two attached hydrogens (primary N) is 1. The van der Waals surface area contributed by atoms with E-state index in [4.69, 9.17) is 5.73 Å². The molecule has 2 heterocycles. The van der Waals surface area contributed by atoms with Crippen molar-refractivity contribution >= 4 is 26.7 Å². The second-order valence-electron chi connectivity index (χ2n) is 5.76. The van der Waals surface area contributed by atoms with Crippen molar-refractivity contribution in [1.82, 2.24) is 8.96 Å². The maximum atomic E-state index is 13.8. The fraction of sp³-hybridized carbons (Fsp3) is 0. The largest absolute Gasteiger partial charge is 0.396 e. The zero-order valence-corrected chi connectivity index (χ0v) is 14.3. The first-order valence-electron chi connectivity index (χ1n) is 7.80. The number of rotatable bonds is 3. The van der Waals surface area contributed by atoms with Crippen molar-refractivity contribution in [3.63, 3.8) is 0 Å². The molecular formula is C19H14FN3O2S. The van der Waals surface area contributed by atoms with Gasteiger partial charge in [-0.3, -0.25) is 0 Å². The van der Waals surface area contributed by atoms with Gasteiger partial charge in [-0.2, -0.15) is 0 Å². The average Bonchev–Trinajstić information content (AvgIpc) is 3.10. The number of hydrogen-bond acceptors (Lipinski definition) is 4. The van der Waals surface area contributed by atoms with Crippen LogP contribution in [-0.2, 0) is 10.0 Å². The van der Waals surface area contributed by atoms with Crippen LogP contribution >= 0.6 is 0 Å². The fourth-order valence-electron chi connectivity index (χ4n) is 2.86. The van der Waals surface area contributed by atoms with Gasteiger partial charge in [0.2, 0.25) is 0 Å². The molecule has 0 spiro atoms. The van der Waals surface area contributed by atoms with E-state index >= 15 is 0 Å². The molecule has 4 aromatic rings. The van der Waals surface area contributed by atoms with Crippen LogP contribution in [0.3, 0.4) is 0 Å². The standard InChI is InChI=1S/C19H14FN3O2S/c20-17-12-13(6-7-18(17)21)15-8-10-22-19-16(15)9-11-23(19)26(24,25)14-4-2-1-3-5-14/h1-12H,21H2. The fourth-order valence-corrected chi connectivity index (χ4v) is 4.18. The van der Waals surface area contributed by atoms with Crippen LogP contribution in [-0.4, -0.2) is 17.4 Å². The van der Waals surface area contributed by atoms with E-state index in [1.165, 1.54) is 36.7 Å². The van der Waals surface area contributed by atoms with Crippen molar-refractivity contribution in [3.8, 4) is 11.1 Å². The van der Waals surface area contributed by atoms with E-state index in [1.807, 2.05) is 0 Å². The van der Waals surface area contributed by atoms with Gasteiger partial charge in [-0.1, -0.05) is 24.3 Å². The summed E-state index contributed by atoms with van der Waals surface area (Å²) in [6.07, 6.45) is 2.96. The van der Waals surface area contributed by atoms with Crippen LogP contribution in [0.4, 0.5) is 10.1 Å². The lowest BCUT2D eigenvalue weighted by molar-refractivity contribution is 0.589. The van der Waals surface area contributed by atoms with Crippen molar-refractivity contribution in [2.75, 3.05) is 5.73 Å². The Kier molecular flexibility index (Phi) is 3.73. The van der Waals surface area contributed by atoms with Crippen LogP contribution in [0.15, 0.2) is 78.0 Å².